The highest BCUT2D eigenvalue weighted by atomic mass is 16.3. The Morgan fingerprint density at radius 3 is 2.06 bits per heavy atom. The molecule has 4 heteroatoms. The number of pyridine rings is 2. The number of aryl methyl sites for hydroxylation is 1. The van der Waals surface area contributed by atoms with Crippen molar-refractivity contribution < 1.29 is 5.11 Å². The zero-order chi connectivity index (χ0) is 34.0. The molecule has 8 aromatic rings. The molecule has 0 spiro atoms. The van der Waals surface area contributed by atoms with Crippen LogP contribution < -0.4 is 0 Å². The molecule has 0 atom stereocenters. The summed E-state index contributed by atoms with van der Waals surface area (Å²) in [4.78, 5) is 10.4. The quantitative estimate of drug-likeness (QED) is 0.203. The van der Waals surface area contributed by atoms with Crippen molar-refractivity contribution in [2.45, 2.75) is 26.2 Å². The number of hydrogen-bond acceptors (Lipinski definition) is 3. The Bertz CT molecular complexity index is 2550. The summed E-state index contributed by atoms with van der Waals surface area (Å²) >= 11 is 0. The van der Waals surface area contributed by atoms with Gasteiger partial charge < -0.3 is 5.11 Å². The molecule has 50 heavy (non-hydrogen) atoms. The number of phenolic OH excluding ortho intramolecular Hbond substituents is 1. The molecule has 3 heterocycles. The van der Waals surface area contributed by atoms with Crippen LogP contribution >= 0.6 is 0 Å². The second-order valence-electron chi connectivity index (χ2n) is 13.7. The Balaban J connectivity index is 1.22. The van der Waals surface area contributed by atoms with Crippen molar-refractivity contribution in [1.29, 1.82) is 0 Å². The summed E-state index contributed by atoms with van der Waals surface area (Å²) in [6, 6.07) is 50.3. The minimum Gasteiger partial charge on any atom is -0.507 e. The molecule has 0 fully saturated rings. The summed E-state index contributed by atoms with van der Waals surface area (Å²) in [7, 11) is 0. The summed E-state index contributed by atoms with van der Waals surface area (Å²) < 4.78 is 2.20. The maximum absolute atomic E-state index is 10.8. The third-order valence-corrected chi connectivity index (χ3v) is 10.3. The van der Waals surface area contributed by atoms with Gasteiger partial charge in [0.2, 0.25) is 0 Å². The predicted octanol–water partition coefficient (Wildman–Crippen LogP) is 11.4. The molecule has 1 aliphatic rings. The second-order valence-corrected chi connectivity index (χ2v) is 13.7. The van der Waals surface area contributed by atoms with Gasteiger partial charge >= 0.3 is 0 Å². The van der Waals surface area contributed by atoms with Crippen molar-refractivity contribution >= 4 is 5.65 Å². The molecular formula is C46H35N3O. The number of imidazole rings is 1. The van der Waals surface area contributed by atoms with Crippen molar-refractivity contribution in [1.82, 2.24) is 14.4 Å². The zero-order valence-electron chi connectivity index (χ0n) is 28.2. The predicted molar refractivity (Wildman–Crippen MR) is 204 cm³/mol. The fourth-order valence-corrected chi connectivity index (χ4v) is 7.71. The number of aromatic hydroxyl groups is 1. The fraction of sp³-hybridized carbons (Fsp3) is 0.0870. The molecule has 0 radical (unpaired) electrons. The monoisotopic (exact) mass is 645 g/mol. The van der Waals surface area contributed by atoms with Gasteiger partial charge in [-0.15, -0.1) is 0 Å². The topological polar surface area (TPSA) is 50.4 Å². The van der Waals surface area contributed by atoms with Crippen LogP contribution in [0.5, 0.6) is 5.75 Å². The number of phenols is 1. The van der Waals surface area contributed by atoms with E-state index in [4.69, 9.17) is 9.97 Å². The van der Waals surface area contributed by atoms with E-state index in [-0.39, 0.29) is 11.2 Å². The molecule has 9 rings (SSSR count). The number of para-hydroxylation sites is 1. The Morgan fingerprint density at radius 2 is 1.22 bits per heavy atom. The SMILES string of the molecule is Cc1ccccc1-c1cc(-c2cccc(-c3nc4ccccn4c3-c3ccc4c(c3)C(C)(C)c3ccccc3-4)c2)nc(-c2ccccc2O)c1. The standard InChI is InChI=1S/C46H35N3O/c1-29-13-4-5-16-34(29)33-27-40(47-41(28-33)37-18-7-9-20-42(37)50)30-14-12-15-31(25-30)44-45(49-24-11-10-21-43(49)48-44)32-22-23-36-35-17-6-8-19-38(35)46(2,3)39(36)26-32/h4-28,50H,1-3H3. The molecule has 0 unspecified atom stereocenters. The number of hydrogen-bond donors (Lipinski definition) is 1. The number of nitrogens with zero attached hydrogens (tertiary/aromatic N) is 3. The van der Waals surface area contributed by atoms with Gasteiger partial charge in [0.25, 0.3) is 0 Å². The molecule has 0 amide bonds. The largest absolute Gasteiger partial charge is 0.507 e. The molecule has 240 valence electrons. The molecule has 0 bridgehead atoms. The molecule has 0 saturated carbocycles. The van der Waals surface area contributed by atoms with E-state index in [2.05, 4.69) is 147 Å². The van der Waals surface area contributed by atoms with E-state index in [0.717, 1.165) is 56.2 Å². The lowest BCUT2D eigenvalue weighted by atomic mass is 9.82. The molecule has 3 aromatic heterocycles. The van der Waals surface area contributed by atoms with Gasteiger partial charge in [0.15, 0.2) is 0 Å². The van der Waals surface area contributed by atoms with Gasteiger partial charge in [-0.05, 0) is 94.4 Å². The lowest BCUT2D eigenvalue weighted by Gasteiger charge is -2.22. The average Bonchev–Trinajstić information content (AvgIpc) is 3.64. The van der Waals surface area contributed by atoms with Gasteiger partial charge in [0, 0.05) is 33.9 Å². The second kappa shape index (κ2) is 11.4. The molecule has 1 N–H and O–H groups in total. The number of rotatable bonds is 5. The van der Waals surface area contributed by atoms with Gasteiger partial charge in [-0.2, -0.15) is 0 Å². The van der Waals surface area contributed by atoms with Crippen LogP contribution in [0, 0.1) is 6.92 Å². The van der Waals surface area contributed by atoms with E-state index < -0.39 is 0 Å². The third-order valence-electron chi connectivity index (χ3n) is 10.3. The summed E-state index contributed by atoms with van der Waals surface area (Å²) in [5, 5.41) is 10.8. The fourth-order valence-electron chi connectivity index (χ4n) is 7.71. The van der Waals surface area contributed by atoms with E-state index in [9.17, 15) is 5.11 Å². The van der Waals surface area contributed by atoms with Crippen LogP contribution in [0.15, 0.2) is 152 Å². The summed E-state index contributed by atoms with van der Waals surface area (Å²) in [6.45, 7) is 6.77. The molecule has 1 aliphatic carbocycles. The van der Waals surface area contributed by atoms with Crippen LogP contribution in [0.1, 0.15) is 30.5 Å². The van der Waals surface area contributed by atoms with Crippen LogP contribution in [-0.2, 0) is 5.41 Å². The Hall–Kier alpha value is -6.26. The van der Waals surface area contributed by atoms with Gasteiger partial charge in [0.1, 0.15) is 11.4 Å². The highest BCUT2D eigenvalue weighted by Gasteiger charge is 2.35. The van der Waals surface area contributed by atoms with Gasteiger partial charge in [0.05, 0.1) is 22.8 Å². The van der Waals surface area contributed by atoms with Crippen LogP contribution in [0.4, 0.5) is 0 Å². The minimum absolute atomic E-state index is 0.110. The first-order chi connectivity index (χ1) is 24.4. The smallest absolute Gasteiger partial charge is 0.137 e. The maximum Gasteiger partial charge on any atom is 0.137 e. The average molecular weight is 646 g/mol. The molecular weight excluding hydrogens is 611 g/mol. The molecule has 0 saturated heterocycles. The van der Waals surface area contributed by atoms with Crippen LogP contribution in [-0.4, -0.2) is 19.5 Å². The number of aromatic nitrogens is 3. The van der Waals surface area contributed by atoms with Gasteiger partial charge in [-0.1, -0.05) is 111 Å². The first-order valence-corrected chi connectivity index (χ1v) is 17.1. The van der Waals surface area contributed by atoms with E-state index in [1.807, 2.05) is 24.3 Å². The lowest BCUT2D eigenvalue weighted by Crippen LogP contribution is -2.15. The Kier molecular flexibility index (Phi) is 6.82. The van der Waals surface area contributed by atoms with Crippen LogP contribution in [0.2, 0.25) is 0 Å². The number of fused-ring (bicyclic) bond motifs is 4. The molecule has 5 aromatic carbocycles. The van der Waals surface area contributed by atoms with Crippen LogP contribution in [0.25, 0.3) is 72.9 Å². The van der Waals surface area contributed by atoms with Crippen molar-refractivity contribution in [3.05, 3.63) is 168 Å². The minimum atomic E-state index is -0.110. The first kappa shape index (κ1) is 29.8. The molecule has 4 nitrogen and oxygen atoms in total. The van der Waals surface area contributed by atoms with Crippen molar-refractivity contribution in [2.75, 3.05) is 0 Å². The van der Waals surface area contributed by atoms with E-state index in [0.29, 0.717) is 5.56 Å². The van der Waals surface area contributed by atoms with Gasteiger partial charge in [-0.25, -0.2) is 9.97 Å². The highest BCUT2D eigenvalue weighted by molar-refractivity contribution is 5.88. The van der Waals surface area contributed by atoms with Crippen molar-refractivity contribution in [3.63, 3.8) is 0 Å². The summed E-state index contributed by atoms with van der Waals surface area (Å²) in [5.41, 5.74) is 16.8. The molecule has 0 aliphatic heterocycles. The van der Waals surface area contributed by atoms with Crippen molar-refractivity contribution in [2.24, 2.45) is 0 Å². The van der Waals surface area contributed by atoms with Gasteiger partial charge in [-0.3, -0.25) is 4.40 Å². The van der Waals surface area contributed by atoms with E-state index in [1.54, 1.807) is 6.07 Å². The third kappa shape index (κ3) is 4.75. The highest BCUT2D eigenvalue weighted by Crippen LogP contribution is 2.50. The summed E-state index contributed by atoms with van der Waals surface area (Å²) in [5.74, 6) is 0.205. The Labute approximate surface area is 292 Å². The maximum atomic E-state index is 10.8. The first-order valence-electron chi connectivity index (χ1n) is 17.1. The zero-order valence-corrected chi connectivity index (χ0v) is 28.2. The van der Waals surface area contributed by atoms with E-state index >= 15 is 0 Å². The van der Waals surface area contributed by atoms with Crippen LogP contribution in [0.3, 0.4) is 0 Å². The summed E-state index contributed by atoms with van der Waals surface area (Å²) in [6.07, 6.45) is 2.10. The Morgan fingerprint density at radius 1 is 0.520 bits per heavy atom. The normalized spacial score (nSPS) is 12.9. The van der Waals surface area contributed by atoms with E-state index in [1.165, 1.54) is 27.8 Å². The van der Waals surface area contributed by atoms with Crippen molar-refractivity contribution in [3.8, 4) is 73.0 Å². The number of benzene rings is 5. The lowest BCUT2D eigenvalue weighted by molar-refractivity contribution is 0.477.